The highest BCUT2D eigenvalue weighted by atomic mass is 16.5. The highest BCUT2D eigenvalue weighted by Gasteiger charge is 2.19. The summed E-state index contributed by atoms with van der Waals surface area (Å²) in [6.45, 7) is 8.56. The van der Waals surface area contributed by atoms with Crippen molar-refractivity contribution in [2.45, 2.75) is 45.9 Å². The van der Waals surface area contributed by atoms with E-state index in [2.05, 4.69) is 6.58 Å². The maximum absolute atomic E-state index is 12.4. The van der Waals surface area contributed by atoms with E-state index in [1.54, 1.807) is 16.8 Å². The maximum Gasteiger partial charge on any atom is 0.224 e. The van der Waals surface area contributed by atoms with Crippen molar-refractivity contribution in [1.82, 2.24) is 4.57 Å². The van der Waals surface area contributed by atoms with Gasteiger partial charge in [-0.1, -0.05) is 43.3 Å². The molecule has 5 heteroatoms. The van der Waals surface area contributed by atoms with Crippen LogP contribution in [0.25, 0.3) is 0 Å². The first-order chi connectivity index (χ1) is 13.1. The van der Waals surface area contributed by atoms with Crippen LogP contribution in [0.2, 0.25) is 0 Å². The molecular weight excluding hydrogens is 342 g/mol. The van der Waals surface area contributed by atoms with Crippen LogP contribution in [0.3, 0.4) is 0 Å². The first-order valence-corrected chi connectivity index (χ1v) is 9.20. The molecule has 1 atom stereocenters. The minimum atomic E-state index is -0.304. The van der Waals surface area contributed by atoms with Crippen LogP contribution < -0.4 is 10.2 Å². The molecule has 0 aliphatic carbocycles. The van der Waals surface area contributed by atoms with Crippen LogP contribution in [0.4, 0.5) is 0 Å². The highest BCUT2D eigenvalue weighted by molar-refractivity contribution is 5.95. The molecule has 1 heterocycles. The van der Waals surface area contributed by atoms with Gasteiger partial charge in [0.2, 0.25) is 5.43 Å². The third-order valence-electron chi connectivity index (χ3n) is 4.08. The van der Waals surface area contributed by atoms with Gasteiger partial charge in [-0.2, -0.15) is 0 Å². The molecule has 0 saturated carbocycles. The third-order valence-corrected chi connectivity index (χ3v) is 4.08. The standard InChI is InChI=1S/C22H27NO4/c1-4-9-19(26-14-5-2)15-23-13-12-20(25)22(21(23)17(3)24)27-16-18-10-7-6-8-11-18/h4,6-8,10-13,19H,1,5,9,14-16H2,2-3H3. The molecule has 27 heavy (non-hydrogen) atoms. The number of pyridine rings is 1. The Morgan fingerprint density at radius 3 is 2.63 bits per heavy atom. The molecule has 144 valence electrons. The fourth-order valence-corrected chi connectivity index (χ4v) is 2.82. The molecule has 5 nitrogen and oxygen atoms in total. The Morgan fingerprint density at radius 2 is 2.00 bits per heavy atom. The van der Waals surface area contributed by atoms with Crippen LogP contribution in [0.1, 0.15) is 42.7 Å². The van der Waals surface area contributed by atoms with Gasteiger partial charge in [0.25, 0.3) is 0 Å². The molecule has 1 aromatic heterocycles. The van der Waals surface area contributed by atoms with Gasteiger partial charge in [0.15, 0.2) is 11.5 Å². The number of carbonyl (C=O) groups is 1. The summed E-state index contributed by atoms with van der Waals surface area (Å²) in [5, 5.41) is 0. The summed E-state index contributed by atoms with van der Waals surface area (Å²) in [4.78, 5) is 24.7. The minimum absolute atomic E-state index is 0.0849. The van der Waals surface area contributed by atoms with Gasteiger partial charge < -0.3 is 14.0 Å². The number of benzene rings is 1. The van der Waals surface area contributed by atoms with Gasteiger partial charge >= 0.3 is 0 Å². The molecule has 0 aliphatic heterocycles. The summed E-state index contributed by atoms with van der Waals surface area (Å²) in [6.07, 6.45) is 4.86. The van der Waals surface area contributed by atoms with Crippen molar-refractivity contribution >= 4 is 5.78 Å². The monoisotopic (exact) mass is 369 g/mol. The van der Waals surface area contributed by atoms with Crippen LogP contribution in [0.5, 0.6) is 5.75 Å². The number of aromatic nitrogens is 1. The van der Waals surface area contributed by atoms with E-state index in [0.717, 1.165) is 12.0 Å². The van der Waals surface area contributed by atoms with Crippen molar-refractivity contribution < 1.29 is 14.3 Å². The third kappa shape index (κ3) is 5.93. The molecule has 0 aliphatic rings. The van der Waals surface area contributed by atoms with Crippen LogP contribution in [-0.4, -0.2) is 23.1 Å². The SMILES string of the molecule is C=CCC(Cn1ccc(=O)c(OCc2ccccc2)c1C(C)=O)OCCC. The number of rotatable bonds is 11. The maximum atomic E-state index is 12.4. The van der Waals surface area contributed by atoms with Crippen molar-refractivity contribution in [2.24, 2.45) is 0 Å². The number of Topliss-reactive ketones (excluding diaryl/α,β-unsaturated/α-hetero) is 1. The van der Waals surface area contributed by atoms with Gasteiger partial charge in [0.1, 0.15) is 12.3 Å². The smallest absolute Gasteiger partial charge is 0.224 e. The summed E-state index contributed by atoms with van der Waals surface area (Å²) in [5.41, 5.74) is 0.896. The fraction of sp³-hybridized carbons (Fsp3) is 0.364. The Morgan fingerprint density at radius 1 is 1.26 bits per heavy atom. The predicted octanol–water partition coefficient (Wildman–Crippen LogP) is 4.00. The van der Waals surface area contributed by atoms with E-state index in [1.165, 1.54) is 13.0 Å². The van der Waals surface area contributed by atoms with Gasteiger partial charge in [0.05, 0.1) is 6.10 Å². The molecule has 0 N–H and O–H groups in total. The normalized spacial score (nSPS) is 11.8. The number of nitrogens with zero attached hydrogens (tertiary/aromatic N) is 1. The van der Waals surface area contributed by atoms with Crippen LogP contribution >= 0.6 is 0 Å². The lowest BCUT2D eigenvalue weighted by atomic mass is 10.2. The van der Waals surface area contributed by atoms with E-state index < -0.39 is 0 Å². The van der Waals surface area contributed by atoms with E-state index in [4.69, 9.17) is 9.47 Å². The van der Waals surface area contributed by atoms with Crippen molar-refractivity contribution in [1.29, 1.82) is 0 Å². The van der Waals surface area contributed by atoms with Gasteiger partial charge in [0, 0.05) is 32.3 Å². The van der Waals surface area contributed by atoms with E-state index in [9.17, 15) is 9.59 Å². The lowest BCUT2D eigenvalue weighted by Gasteiger charge is -2.21. The summed E-state index contributed by atoms with van der Waals surface area (Å²) in [7, 11) is 0. The van der Waals surface area contributed by atoms with Crippen molar-refractivity contribution in [3.63, 3.8) is 0 Å². The lowest BCUT2D eigenvalue weighted by Crippen LogP contribution is -2.26. The van der Waals surface area contributed by atoms with Crippen molar-refractivity contribution in [2.75, 3.05) is 6.61 Å². The molecular formula is C22H27NO4. The molecule has 0 radical (unpaired) electrons. The second-order valence-electron chi connectivity index (χ2n) is 6.36. The topological polar surface area (TPSA) is 57.5 Å². The zero-order valence-corrected chi connectivity index (χ0v) is 16.0. The number of hydrogen-bond acceptors (Lipinski definition) is 4. The second kappa shape index (κ2) is 10.5. The minimum Gasteiger partial charge on any atom is -0.483 e. The molecule has 0 amide bonds. The molecule has 0 fully saturated rings. The summed E-state index contributed by atoms with van der Waals surface area (Å²) in [5.74, 6) is -0.134. The average molecular weight is 369 g/mol. The van der Waals surface area contributed by atoms with E-state index in [0.29, 0.717) is 19.6 Å². The van der Waals surface area contributed by atoms with Gasteiger partial charge in [-0.05, 0) is 18.4 Å². The van der Waals surface area contributed by atoms with Crippen LogP contribution in [0, 0.1) is 0 Å². The van der Waals surface area contributed by atoms with Crippen LogP contribution in [-0.2, 0) is 17.9 Å². The number of hydrogen-bond donors (Lipinski definition) is 0. The predicted molar refractivity (Wildman–Crippen MR) is 106 cm³/mol. The zero-order valence-electron chi connectivity index (χ0n) is 16.0. The number of carbonyl (C=O) groups excluding carboxylic acids is 1. The first-order valence-electron chi connectivity index (χ1n) is 9.20. The first kappa shape index (κ1) is 20.6. The summed E-state index contributed by atoms with van der Waals surface area (Å²) >= 11 is 0. The average Bonchev–Trinajstić information content (AvgIpc) is 2.66. The molecule has 1 unspecified atom stereocenters. The molecule has 1 aromatic carbocycles. The van der Waals surface area contributed by atoms with Gasteiger partial charge in [-0.3, -0.25) is 9.59 Å². The van der Waals surface area contributed by atoms with Crippen molar-refractivity contribution in [3.05, 3.63) is 76.7 Å². The summed E-state index contributed by atoms with van der Waals surface area (Å²) in [6, 6.07) is 11.0. The molecule has 2 aromatic rings. The quantitative estimate of drug-likeness (QED) is 0.444. The fourth-order valence-electron chi connectivity index (χ4n) is 2.82. The Labute approximate surface area is 160 Å². The largest absolute Gasteiger partial charge is 0.483 e. The van der Waals surface area contributed by atoms with E-state index in [1.807, 2.05) is 37.3 Å². The Hall–Kier alpha value is -2.66. The molecule has 2 rings (SSSR count). The summed E-state index contributed by atoms with van der Waals surface area (Å²) < 4.78 is 13.4. The van der Waals surface area contributed by atoms with Gasteiger partial charge in [-0.15, -0.1) is 6.58 Å². The molecule has 0 bridgehead atoms. The zero-order chi connectivity index (χ0) is 19.6. The highest BCUT2D eigenvalue weighted by Crippen LogP contribution is 2.18. The second-order valence-corrected chi connectivity index (χ2v) is 6.36. The molecule has 0 saturated heterocycles. The van der Waals surface area contributed by atoms with E-state index in [-0.39, 0.29) is 35.4 Å². The van der Waals surface area contributed by atoms with Crippen LogP contribution in [0.15, 0.2) is 60.0 Å². The Bertz CT molecular complexity index is 811. The lowest BCUT2D eigenvalue weighted by molar-refractivity contribution is 0.0431. The number of ether oxygens (including phenoxy) is 2. The van der Waals surface area contributed by atoms with E-state index >= 15 is 0 Å². The molecule has 0 spiro atoms. The number of ketones is 1. The van der Waals surface area contributed by atoms with Gasteiger partial charge in [-0.25, -0.2) is 0 Å². The Kier molecular flexibility index (Phi) is 8.01. The Balaban J connectivity index is 2.30. The van der Waals surface area contributed by atoms with Crippen molar-refractivity contribution in [3.8, 4) is 5.75 Å².